The Bertz CT molecular complexity index is 1140. The number of rotatable bonds is 6. The largest absolute Gasteiger partial charge is 0.276 e. The highest BCUT2D eigenvalue weighted by molar-refractivity contribution is 6.70. The maximum Gasteiger partial charge on any atom is 0.269 e. The Balaban J connectivity index is 1.75. The topological polar surface area (TPSA) is 84.9 Å². The number of nitrogens with zero attached hydrogens (tertiary/aromatic N) is 3. The molecule has 0 spiro atoms. The van der Waals surface area contributed by atoms with Crippen LogP contribution in [0.25, 0.3) is 0 Å². The predicted molar refractivity (Wildman–Crippen MR) is 120 cm³/mol. The van der Waals surface area contributed by atoms with E-state index in [1.54, 1.807) is 48.5 Å². The van der Waals surface area contributed by atoms with Crippen molar-refractivity contribution in [1.29, 1.82) is 0 Å². The molecule has 30 heavy (non-hydrogen) atoms. The molecule has 150 valence electrons. The Hall–Kier alpha value is -3.06. The molecule has 6 nitrogen and oxygen atoms in total. The zero-order valence-electron chi connectivity index (χ0n) is 15.1. The monoisotopic (exact) mass is 459 g/mol. The number of nitro benzene ring substituents is 1. The molecule has 0 heterocycles. The Morgan fingerprint density at radius 3 is 1.40 bits per heavy atom. The van der Waals surface area contributed by atoms with Gasteiger partial charge in [0.2, 0.25) is 0 Å². The minimum Gasteiger partial charge on any atom is -0.276 e. The Kier molecular flexibility index (Phi) is 6.95. The summed E-state index contributed by atoms with van der Waals surface area (Å²) in [6.45, 7) is 0. The summed E-state index contributed by atoms with van der Waals surface area (Å²) >= 11 is 17.9. The van der Waals surface area contributed by atoms with Crippen LogP contribution in [-0.4, -0.2) is 20.5 Å². The second kappa shape index (κ2) is 9.63. The highest BCUT2D eigenvalue weighted by atomic mass is 35.5. The summed E-state index contributed by atoms with van der Waals surface area (Å²) in [6.07, 6.45) is 0. The lowest BCUT2D eigenvalue weighted by Gasteiger charge is -2.02. The molecule has 3 rings (SSSR count). The number of benzene rings is 3. The zero-order valence-corrected chi connectivity index (χ0v) is 17.4. The number of carbonyl (C=O) groups excluding carboxylic acids is 1. The molecule has 0 radical (unpaired) electrons. The molecule has 0 aliphatic carbocycles. The quantitative estimate of drug-likeness (QED) is 0.179. The first-order valence-electron chi connectivity index (χ1n) is 8.47. The average molecular weight is 461 g/mol. The van der Waals surface area contributed by atoms with E-state index in [1.807, 2.05) is 0 Å². The van der Waals surface area contributed by atoms with Gasteiger partial charge in [-0.2, -0.15) is 0 Å². The van der Waals surface area contributed by atoms with Crippen LogP contribution in [0.5, 0.6) is 0 Å². The van der Waals surface area contributed by atoms with E-state index in [2.05, 4.69) is 9.98 Å². The van der Waals surface area contributed by atoms with E-state index in [4.69, 9.17) is 34.8 Å². The van der Waals surface area contributed by atoms with Crippen LogP contribution in [0.3, 0.4) is 0 Å². The SMILES string of the molecule is O=C(Cl)c1ccc(N=C(Cl)c2ccc(N=C(Cl)c3ccc([N+](=O)[O-])cc3)cc2)cc1. The standard InChI is InChI=1S/C21H12Cl3N3O3/c22-19(26-17-9-3-15(4-10-17)21(24)28)13-1-7-16(8-2-13)25-20(23)14-5-11-18(12-6-14)27(29)30/h1-12H. The first-order valence-corrected chi connectivity index (χ1v) is 9.60. The fourth-order valence-corrected chi connectivity index (χ4v) is 2.99. The smallest absolute Gasteiger partial charge is 0.269 e. The third kappa shape index (κ3) is 5.51. The highest BCUT2D eigenvalue weighted by Gasteiger charge is 2.07. The van der Waals surface area contributed by atoms with E-state index in [9.17, 15) is 14.9 Å². The molecular formula is C21H12Cl3N3O3. The van der Waals surface area contributed by atoms with Gasteiger partial charge in [0.15, 0.2) is 0 Å². The van der Waals surface area contributed by atoms with Gasteiger partial charge in [-0.25, -0.2) is 9.98 Å². The van der Waals surface area contributed by atoms with Crippen LogP contribution >= 0.6 is 34.8 Å². The van der Waals surface area contributed by atoms with Crippen LogP contribution in [0.2, 0.25) is 0 Å². The normalized spacial score (nSPS) is 12.0. The number of halogens is 3. The third-order valence-corrected chi connectivity index (χ3v) is 4.79. The van der Waals surface area contributed by atoms with E-state index in [0.717, 1.165) is 0 Å². The summed E-state index contributed by atoms with van der Waals surface area (Å²) in [5.74, 6) is 0. The molecule has 3 aromatic carbocycles. The van der Waals surface area contributed by atoms with E-state index < -0.39 is 10.2 Å². The van der Waals surface area contributed by atoms with Gasteiger partial charge in [-0.3, -0.25) is 14.9 Å². The molecule has 0 saturated heterocycles. The summed E-state index contributed by atoms with van der Waals surface area (Å²) < 4.78 is 0. The molecule has 9 heteroatoms. The first kappa shape index (κ1) is 21.6. The molecule has 0 fully saturated rings. The second-order valence-electron chi connectivity index (χ2n) is 5.98. The van der Waals surface area contributed by atoms with Gasteiger partial charge in [-0.05, 0) is 72.3 Å². The van der Waals surface area contributed by atoms with Crippen molar-refractivity contribution in [2.24, 2.45) is 9.98 Å². The molecule has 0 unspecified atom stereocenters. The molecule has 0 aliphatic heterocycles. The summed E-state index contributed by atoms with van der Waals surface area (Å²) in [7, 11) is 0. The van der Waals surface area contributed by atoms with Crippen molar-refractivity contribution in [2.75, 3.05) is 0 Å². The van der Waals surface area contributed by atoms with Crippen LogP contribution in [0.1, 0.15) is 21.5 Å². The van der Waals surface area contributed by atoms with Gasteiger partial charge < -0.3 is 0 Å². The minimum absolute atomic E-state index is 0.0228. The molecule has 0 N–H and O–H groups in total. The lowest BCUT2D eigenvalue weighted by atomic mass is 10.2. The molecule has 0 aliphatic rings. The minimum atomic E-state index is -0.542. The molecule has 0 bridgehead atoms. The van der Waals surface area contributed by atoms with Crippen molar-refractivity contribution in [1.82, 2.24) is 0 Å². The van der Waals surface area contributed by atoms with Crippen molar-refractivity contribution >= 4 is 67.4 Å². The Labute approximate surface area is 186 Å². The third-order valence-electron chi connectivity index (χ3n) is 3.97. The number of aliphatic imine (C=N–C) groups is 2. The number of non-ortho nitro benzene ring substituents is 1. The molecule has 0 amide bonds. The molecular weight excluding hydrogens is 449 g/mol. The second-order valence-corrected chi connectivity index (χ2v) is 7.04. The molecule has 0 aromatic heterocycles. The van der Waals surface area contributed by atoms with Crippen molar-refractivity contribution in [2.45, 2.75) is 0 Å². The van der Waals surface area contributed by atoms with E-state index in [0.29, 0.717) is 28.1 Å². The first-order chi connectivity index (χ1) is 14.3. The number of hydrogen-bond acceptors (Lipinski definition) is 5. The van der Waals surface area contributed by atoms with Gasteiger partial charge in [0.05, 0.1) is 16.3 Å². The van der Waals surface area contributed by atoms with Gasteiger partial charge in [-0.1, -0.05) is 23.2 Å². The van der Waals surface area contributed by atoms with Gasteiger partial charge >= 0.3 is 0 Å². The summed E-state index contributed by atoms with van der Waals surface area (Å²) in [6, 6.07) is 19.1. The van der Waals surface area contributed by atoms with Gasteiger partial charge in [0, 0.05) is 28.8 Å². The maximum absolute atomic E-state index is 11.1. The van der Waals surface area contributed by atoms with Crippen LogP contribution in [-0.2, 0) is 0 Å². The van der Waals surface area contributed by atoms with Gasteiger partial charge in [0.1, 0.15) is 10.3 Å². The summed E-state index contributed by atoms with van der Waals surface area (Å²) in [4.78, 5) is 29.9. The van der Waals surface area contributed by atoms with Crippen LogP contribution in [0, 0.1) is 10.1 Å². The molecule has 0 saturated carbocycles. The number of nitro groups is 1. The van der Waals surface area contributed by atoms with Crippen LogP contribution in [0.15, 0.2) is 82.8 Å². The number of hydrogen-bond donors (Lipinski definition) is 0. The van der Waals surface area contributed by atoms with Crippen molar-refractivity contribution in [3.8, 4) is 0 Å². The zero-order chi connectivity index (χ0) is 21.7. The fourth-order valence-electron chi connectivity index (χ4n) is 2.42. The van der Waals surface area contributed by atoms with Gasteiger partial charge in [0.25, 0.3) is 10.9 Å². The summed E-state index contributed by atoms with van der Waals surface area (Å²) in [5, 5.41) is 10.6. The van der Waals surface area contributed by atoms with E-state index >= 15 is 0 Å². The van der Waals surface area contributed by atoms with Crippen molar-refractivity contribution in [3.05, 3.63) is 99.6 Å². The summed E-state index contributed by atoms with van der Waals surface area (Å²) in [5.41, 5.74) is 2.73. The molecule has 3 aromatic rings. The number of carbonyl (C=O) groups is 1. The Morgan fingerprint density at radius 1 is 0.667 bits per heavy atom. The maximum atomic E-state index is 11.1. The van der Waals surface area contributed by atoms with Crippen LogP contribution in [0.4, 0.5) is 17.1 Å². The predicted octanol–water partition coefficient (Wildman–Crippen LogP) is 6.61. The highest BCUT2D eigenvalue weighted by Crippen LogP contribution is 2.21. The Morgan fingerprint density at radius 2 is 1.03 bits per heavy atom. The van der Waals surface area contributed by atoms with E-state index in [-0.39, 0.29) is 16.0 Å². The van der Waals surface area contributed by atoms with Crippen LogP contribution < -0.4 is 0 Å². The molecule has 0 atom stereocenters. The lowest BCUT2D eigenvalue weighted by molar-refractivity contribution is -0.384. The lowest BCUT2D eigenvalue weighted by Crippen LogP contribution is -1.93. The fraction of sp³-hybridized carbons (Fsp3) is 0. The van der Waals surface area contributed by atoms with E-state index in [1.165, 1.54) is 24.3 Å². The van der Waals surface area contributed by atoms with Crippen molar-refractivity contribution < 1.29 is 9.72 Å². The van der Waals surface area contributed by atoms with Crippen molar-refractivity contribution in [3.63, 3.8) is 0 Å². The average Bonchev–Trinajstić information content (AvgIpc) is 2.74. The van der Waals surface area contributed by atoms with Gasteiger partial charge in [-0.15, -0.1) is 0 Å².